The third-order valence-electron chi connectivity index (χ3n) is 6.26. The van der Waals surface area contributed by atoms with Crippen LogP contribution in [0.4, 0.5) is 13.2 Å². The van der Waals surface area contributed by atoms with Gasteiger partial charge in [-0.15, -0.1) is 0 Å². The van der Waals surface area contributed by atoms with Crippen LogP contribution in [0.3, 0.4) is 0 Å². The Balaban J connectivity index is 1.68. The zero-order valence-electron chi connectivity index (χ0n) is 20.0. The second-order valence-corrected chi connectivity index (χ2v) is 9.41. The van der Waals surface area contributed by atoms with E-state index in [1.165, 1.54) is 25.5 Å². The van der Waals surface area contributed by atoms with E-state index in [4.69, 9.17) is 16.1 Å². The highest BCUT2D eigenvalue weighted by molar-refractivity contribution is 6.36. The smallest absolute Gasteiger partial charge is 0.391 e. The van der Waals surface area contributed by atoms with Gasteiger partial charge in [0.15, 0.2) is 11.5 Å². The molecule has 1 fully saturated rings. The summed E-state index contributed by atoms with van der Waals surface area (Å²) in [6.45, 7) is 0.971. The maximum atomic E-state index is 14.2. The standard InChI is InChI=1S/C25H22ClF3N6O3/c1-13(36)11-35-23(25(27,28)29)17(10-32-35)22-19(18-8-9-30-12-31-18)21(34-38-22)15-6-3-7-16(20(15)26)24(37)33-14-4-2-5-14/h3,6-10,12-14,36H,2,4-5,11H2,1H3,(H,33,37)/t13-/m1/s1. The number of benzene rings is 1. The molecule has 0 unspecified atom stereocenters. The van der Waals surface area contributed by atoms with Gasteiger partial charge in [-0.05, 0) is 38.3 Å². The Labute approximate surface area is 219 Å². The van der Waals surface area contributed by atoms with Gasteiger partial charge in [-0.2, -0.15) is 18.3 Å². The average Bonchev–Trinajstić information content (AvgIpc) is 3.46. The van der Waals surface area contributed by atoms with Crippen LogP contribution in [0.2, 0.25) is 5.02 Å². The number of halogens is 4. The minimum absolute atomic E-state index is 0.0697. The molecule has 4 aromatic rings. The molecule has 5 rings (SSSR count). The lowest BCUT2D eigenvalue weighted by Crippen LogP contribution is -2.39. The quantitative estimate of drug-likeness (QED) is 0.335. The summed E-state index contributed by atoms with van der Waals surface area (Å²) in [6.07, 6.45) is 0.573. The molecule has 38 heavy (non-hydrogen) atoms. The highest BCUT2D eigenvalue weighted by atomic mass is 35.5. The van der Waals surface area contributed by atoms with Gasteiger partial charge >= 0.3 is 6.18 Å². The zero-order chi connectivity index (χ0) is 27.0. The monoisotopic (exact) mass is 546 g/mol. The predicted molar refractivity (Wildman–Crippen MR) is 131 cm³/mol. The molecule has 1 aromatic carbocycles. The highest BCUT2D eigenvalue weighted by Crippen LogP contribution is 2.45. The molecule has 3 aromatic heterocycles. The second kappa shape index (κ2) is 10.2. The Morgan fingerprint density at radius 3 is 2.71 bits per heavy atom. The number of alkyl halides is 3. The molecule has 0 radical (unpaired) electrons. The number of hydrogen-bond donors (Lipinski definition) is 2. The van der Waals surface area contributed by atoms with Gasteiger partial charge in [0.2, 0.25) is 0 Å². The summed E-state index contributed by atoms with van der Waals surface area (Å²) < 4.78 is 48.7. The van der Waals surface area contributed by atoms with Crippen LogP contribution in [0, 0.1) is 0 Å². The fourth-order valence-electron chi connectivity index (χ4n) is 4.28. The molecule has 0 aliphatic heterocycles. The highest BCUT2D eigenvalue weighted by Gasteiger charge is 2.41. The van der Waals surface area contributed by atoms with Crippen LogP contribution in [0.15, 0.2) is 47.5 Å². The van der Waals surface area contributed by atoms with E-state index < -0.39 is 18.0 Å². The molecule has 9 nitrogen and oxygen atoms in total. The van der Waals surface area contributed by atoms with E-state index in [-0.39, 0.29) is 62.9 Å². The Morgan fingerprint density at radius 1 is 1.29 bits per heavy atom. The molecule has 0 bridgehead atoms. The molecule has 1 amide bonds. The van der Waals surface area contributed by atoms with Crippen molar-refractivity contribution in [1.29, 1.82) is 0 Å². The summed E-state index contributed by atoms with van der Waals surface area (Å²) in [4.78, 5) is 21.0. The van der Waals surface area contributed by atoms with Crippen molar-refractivity contribution in [2.75, 3.05) is 0 Å². The maximum Gasteiger partial charge on any atom is 0.433 e. The molecule has 1 saturated carbocycles. The largest absolute Gasteiger partial charge is 0.433 e. The molecule has 1 aliphatic rings. The number of nitrogens with one attached hydrogen (secondary N) is 1. The minimum Gasteiger partial charge on any atom is -0.391 e. The molecule has 3 heterocycles. The van der Waals surface area contributed by atoms with E-state index in [9.17, 15) is 23.1 Å². The first-order valence-corrected chi connectivity index (χ1v) is 12.2. The van der Waals surface area contributed by atoms with Crippen molar-refractivity contribution < 1.29 is 27.6 Å². The van der Waals surface area contributed by atoms with Crippen LogP contribution >= 0.6 is 11.6 Å². The van der Waals surface area contributed by atoms with Gasteiger partial charge < -0.3 is 14.9 Å². The molecule has 198 valence electrons. The maximum absolute atomic E-state index is 14.2. The van der Waals surface area contributed by atoms with Crippen molar-refractivity contribution in [1.82, 2.24) is 30.2 Å². The van der Waals surface area contributed by atoms with Gasteiger partial charge in [-0.3, -0.25) is 9.48 Å². The third kappa shape index (κ3) is 4.88. The van der Waals surface area contributed by atoms with Crippen LogP contribution in [0.1, 0.15) is 42.2 Å². The van der Waals surface area contributed by atoms with Crippen LogP contribution in [-0.4, -0.2) is 48.1 Å². The van der Waals surface area contributed by atoms with E-state index in [2.05, 4.69) is 25.5 Å². The average molecular weight is 547 g/mol. The number of hydrogen-bond acceptors (Lipinski definition) is 7. The van der Waals surface area contributed by atoms with Crippen LogP contribution < -0.4 is 5.32 Å². The van der Waals surface area contributed by atoms with Crippen molar-refractivity contribution in [3.8, 4) is 33.8 Å². The number of carbonyl (C=O) groups is 1. The van der Waals surface area contributed by atoms with E-state index in [0.717, 1.165) is 25.5 Å². The van der Waals surface area contributed by atoms with Crippen LogP contribution in [0.5, 0.6) is 0 Å². The topological polar surface area (TPSA) is 119 Å². The zero-order valence-corrected chi connectivity index (χ0v) is 20.8. The molecule has 1 aliphatic carbocycles. The first-order valence-electron chi connectivity index (χ1n) is 11.8. The molecule has 1 atom stereocenters. The van der Waals surface area contributed by atoms with Crippen LogP contribution in [0.25, 0.3) is 33.8 Å². The summed E-state index contributed by atoms with van der Waals surface area (Å²) >= 11 is 6.66. The molecular formula is C25H22ClF3N6O3. The van der Waals surface area contributed by atoms with Crippen molar-refractivity contribution in [2.45, 2.75) is 51.1 Å². The van der Waals surface area contributed by atoms with E-state index >= 15 is 0 Å². The molecule has 13 heteroatoms. The number of aliphatic hydroxyl groups is 1. The predicted octanol–water partition coefficient (Wildman–Crippen LogP) is 5.00. The summed E-state index contributed by atoms with van der Waals surface area (Å²) in [5.74, 6) is -0.601. The molecule has 0 saturated heterocycles. The van der Waals surface area contributed by atoms with Crippen molar-refractivity contribution in [3.05, 3.63) is 59.3 Å². The van der Waals surface area contributed by atoms with E-state index in [1.54, 1.807) is 18.2 Å². The van der Waals surface area contributed by atoms with Gasteiger partial charge in [0, 0.05) is 17.8 Å². The number of amides is 1. The number of nitrogens with zero attached hydrogens (tertiary/aromatic N) is 5. The SMILES string of the molecule is C[C@@H](O)Cn1ncc(-c2onc(-c3cccc(C(=O)NC4CCC4)c3Cl)c2-c2ccncn2)c1C(F)(F)F. The summed E-state index contributed by atoms with van der Waals surface area (Å²) in [6, 6.07) is 6.34. The normalized spacial score (nSPS) is 14.8. The number of aromatic nitrogens is 5. The van der Waals surface area contributed by atoms with Crippen molar-refractivity contribution >= 4 is 17.5 Å². The molecule has 0 spiro atoms. The lowest BCUT2D eigenvalue weighted by atomic mass is 9.92. The van der Waals surface area contributed by atoms with E-state index in [0.29, 0.717) is 4.68 Å². The van der Waals surface area contributed by atoms with Crippen molar-refractivity contribution in [2.24, 2.45) is 0 Å². The Kier molecular flexibility index (Phi) is 6.93. The second-order valence-electron chi connectivity index (χ2n) is 9.03. The number of aliphatic hydroxyl groups excluding tert-OH is 1. The Hall–Kier alpha value is -3.77. The summed E-state index contributed by atoms with van der Waals surface area (Å²) in [5.41, 5.74) is -0.581. The lowest BCUT2D eigenvalue weighted by Gasteiger charge is -2.26. The van der Waals surface area contributed by atoms with Crippen LogP contribution in [-0.2, 0) is 12.7 Å². The van der Waals surface area contributed by atoms with Gasteiger partial charge in [-0.25, -0.2) is 9.97 Å². The first kappa shape index (κ1) is 25.9. The molecular weight excluding hydrogens is 525 g/mol. The minimum atomic E-state index is -4.83. The lowest BCUT2D eigenvalue weighted by molar-refractivity contribution is -0.144. The Morgan fingerprint density at radius 2 is 2.08 bits per heavy atom. The van der Waals surface area contributed by atoms with E-state index in [1.807, 2.05) is 0 Å². The summed E-state index contributed by atoms with van der Waals surface area (Å²) in [5, 5.41) is 20.6. The fourth-order valence-corrected chi connectivity index (χ4v) is 4.58. The van der Waals surface area contributed by atoms with Crippen molar-refractivity contribution in [3.63, 3.8) is 0 Å². The third-order valence-corrected chi connectivity index (χ3v) is 6.67. The van der Waals surface area contributed by atoms with Gasteiger partial charge in [-0.1, -0.05) is 28.9 Å². The van der Waals surface area contributed by atoms with Gasteiger partial charge in [0.25, 0.3) is 5.91 Å². The van der Waals surface area contributed by atoms with Gasteiger partial charge in [0.05, 0.1) is 46.3 Å². The molecule has 2 N–H and O–H groups in total. The van der Waals surface area contributed by atoms with Gasteiger partial charge in [0.1, 0.15) is 12.0 Å². The number of carbonyl (C=O) groups excluding carboxylic acids is 1. The number of rotatable bonds is 7. The first-order chi connectivity index (χ1) is 18.1. The Bertz CT molecular complexity index is 1470. The fraction of sp³-hybridized carbons (Fsp3) is 0.320. The summed E-state index contributed by atoms with van der Waals surface area (Å²) in [7, 11) is 0.